The van der Waals surface area contributed by atoms with E-state index in [4.69, 9.17) is 15.2 Å². The van der Waals surface area contributed by atoms with Gasteiger partial charge < -0.3 is 15.2 Å². The Labute approximate surface area is 116 Å². The third kappa shape index (κ3) is 4.22. The van der Waals surface area contributed by atoms with Gasteiger partial charge in [0.2, 0.25) is 0 Å². The Balaban J connectivity index is 1.94. The van der Waals surface area contributed by atoms with Crippen molar-refractivity contribution in [2.75, 3.05) is 26.9 Å². The Morgan fingerprint density at radius 1 is 1.32 bits per heavy atom. The smallest absolute Gasteiger partial charge is 0.122 e. The van der Waals surface area contributed by atoms with Crippen molar-refractivity contribution in [1.29, 1.82) is 0 Å². The molecule has 1 aliphatic rings. The number of hydrogen-bond donors (Lipinski definition) is 1. The molecule has 1 heterocycles. The lowest BCUT2D eigenvalue weighted by Gasteiger charge is -2.26. The van der Waals surface area contributed by atoms with Crippen LogP contribution in [0, 0.1) is 11.8 Å². The number of methoxy groups -OCH3 is 1. The second-order valence-corrected chi connectivity index (χ2v) is 5.41. The fraction of sp³-hybridized carbons (Fsp3) is 0.625. The van der Waals surface area contributed by atoms with Gasteiger partial charge in [0.25, 0.3) is 0 Å². The van der Waals surface area contributed by atoms with Crippen molar-refractivity contribution in [3.63, 3.8) is 0 Å². The Kier molecular flexibility index (Phi) is 5.67. The Hall–Kier alpha value is -1.06. The number of nitrogens with two attached hydrogens (primary N) is 1. The quantitative estimate of drug-likeness (QED) is 0.858. The second kappa shape index (κ2) is 7.51. The van der Waals surface area contributed by atoms with Gasteiger partial charge >= 0.3 is 0 Å². The zero-order chi connectivity index (χ0) is 13.5. The van der Waals surface area contributed by atoms with Gasteiger partial charge in [0.15, 0.2) is 0 Å². The number of para-hydroxylation sites is 1. The summed E-state index contributed by atoms with van der Waals surface area (Å²) in [6.07, 6.45) is 4.58. The lowest BCUT2D eigenvalue weighted by Crippen LogP contribution is -2.24. The van der Waals surface area contributed by atoms with Crippen LogP contribution in [0.15, 0.2) is 24.3 Å². The van der Waals surface area contributed by atoms with Crippen molar-refractivity contribution in [3.05, 3.63) is 29.8 Å². The molecule has 0 saturated carbocycles. The Morgan fingerprint density at radius 3 is 2.74 bits per heavy atom. The van der Waals surface area contributed by atoms with E-state index in [0.717, 1.165) is 37.8 Å². The van der Waals surface area contributed by atoms with Crippen molar-refractivity contribution in [2.45, 2.75) is 25.7 Å². The molecule has 3 nitrogen and oxygen atoms in total. The van der Waals surface area contributed by atoms with Crippen LogP contribution in [0.4, 0.5) is 0 Å². The second-order valence-electron chi connectivity index (χ2n) is 5.41. The molecule has 0 spiro atoms. The van der Waals surface area contributed by atoms with Crippen molar-refractivity contribution in [2.24, 2.45) is 17.6 Å². The molecule has 0 amide bonds. The van der Waals surface area contributed by atoms with E-state index in [9.17, 15) is 0 Å². The number of hydrogen-bond acceptors (Lipinski definition) is 3. The van der Waals surface area contributed by atoms with Gasteiger partial charge in [0.1, 0.15) is 5.75 Å². The highest BCUT2D eigenvalue weighted by molar-refractivity contribution is 5.33. The summed E-state index contributed by atoms with van der Waals surface area (Å²) in [4.78, 5) is 0. The summed E-state index contributed by atoms with van der Waals surface area (Å²) in [5.41, 5.74) is 7.23. The molecule has 1 aromatic rings. The molecule has 3 heteroatoms. The Bertz CT molecular complexity index is 375. The molecule has 0 aliphatic carbocycles. The first-order chi connectivity index (χ1) is 9.33. The first-order valence-corrected chi connectivity index (χ1v) is 7.23. The summed E-state index contributed by atoms with van der Waals surface area (Å²) in [5, 5.41) is 0. The highest BCUT2D eigenvalue weighted by Gasteiger charge is 2.19. The van der Waals surface area contributed by atoms with Crippen LogP contribution in [0.3, 0.4) is 0 Å². The van der Waals surface area contributed by atoms with Gasteiger partial charge in [-0.15, -0.1) is 0 Å². The standard InChI is InChI=1S/C16H25NO2/c1-18-16-5-3-2-4-15(16)11-14(12-17)10-13-6-8-19-9-7-13/h2-5,13-14H,6-12,17H2,1H3. The van der Waals surface area contributed by atoms with Crippen LogP contribution in [-0.2, 0) is 11.2 Å². The van der Waals surface area contributed by atoms with E-state index in [-0.39, 0.29) is 0 Å². The van der Waals surface area contributed by atoms with E-state index in [0.29, 0.717) is 5.92 Å². The monoisotopic (exact) mass is 263 g/mol. The lowest BCUT2D eigenvalue weighted by atomic mass is 9.85. The number of benzene rings is 1. The molecule has 1 aromatic carbocycles. The summed E-state index contributed by atoms with van der Waals surface area (Å²) < 4.78 is 10.8. The highest BCUT2D eigenvalue weighted by atomic mass is 16.5. The minimum Gasteiger partial charge on any atom is -0.496 e. The number of rotatable bonds is 6. The molecule has 2 rings (SSSR count). The minimum atomic E-state index is 0.541. The van der Waals surface area contributed by atoms with Crippen LogP contribution in [0.2, 0.25) is 0 Å². The molecule has 0 aromatic heterocycles. The molecule has 0 radical (unpaired) electrons. The predicted molar refractivity (Wildman–Crippen MR) is 77.4 cm³/mol. The summed E-state index contributed by atoms with van der Waals surface area (Å²) in [6, 6.07) is 8.25. The molecule has 1 atom stereocenters. The fourth-order valence-electron chi connectivity index (χ4n) is 2.90. The maximum absolute atomic E-state index is 5.96. The summed E-state index contributed by atoms with van der Waals surface area (Å²) in [7, 11) is 1.73. The van der Waals surface area contributed by atoms with Crippen LogP contribution < -0.4 is 10.5 Å². The first kappa shape index (κ1) is 14.4. The zero-order valence-corrected chi connectivity index (χ0v) is 11.8. The van der Waals surface area contributed by atoms with Crippen LogP contribution in [0.25, 0.3) is 0 Å². The highest BCUT2D eigenvalue weighted by Crippen LogP contribution is 2.27. The van der Waals surface area contributed by atoms with Crippen LogP contribution in [0.1, 0.15) is 24.8 Å². The lowest BCUT2D eigenvalue weighted by molar-refractivity contribution is 0.0589. The molecule has 1 aliphatic heterocycles. The molecular formula is C16H25NO2. The molecule has 2 N–H and O–H groups in total. The average Bonchev–Trinajstić information content (AvgIpc) is 2.48. The molecule has 1 fully saturated rings. The van der Waals surface area contributed by atoms with E-state index < -0.39 is 0 Å². The first-order valence-electron chi connectivity index (χ1n) is 7.23. The molecule has 1 saturated heterocycles. The van der Waals surface area contributed by atoms with Gasteiger partial charge in [-0.1, -0.05) is 18.2 Å². The Morgan fingerprint density at radius 2 is 2.05 bits per heavy atom. The summed E-state index contributed by atoms with van der Waals surface area (Å²) >= 11 is 0. The molecule has 19 heavy (non-hydrogen) atoms. The zero-order valence-electron chi connectivity index (χ0n) is 11.8. The molecular weight excluding hydrogens is 238 g/mol. The van der Waals surface area contributed by atoms with E-state index in [1.54, 1.807) is 7.11 Å². The normalized spacial score (nSPS) is 18.2. The molecule has 106 valence electrons. The van der Waals surface area contributed by atoms with Crippen molar-refractivity contribution in [3.8, 4) is 5.75 Å². The maximum Gasteiger partial charge on any atom is 0.122 e. The van der Waals surface area contributed by atoms with Crippen LogP contribution in [0.5, 0.6) is 5.75 Å². The van der Waals surface area contributed by atoms with Crippen molar-refractivity contribution in [1.82, 2.24) is 0 Å². The minimum absolute atomic E-state index is 0.541. The topological polar surface area (TPSA) is 44.5 Å². The van der Waals surface area contributed by atoms with Gasteiger partial charge in [0, 0.05) is 13.2 Å². The largest absolute Gasteiger partial charge is 0.496 e. The van der Waals surface area contributed by atoms with Gasteiger partial charge in [-0.05, 0) is 55.7 Å². The summed E-state index contributed by atoms with van der Waals surface area (Å²) in [5.74, 6) is 2.30. The van der Waals surface area contributed by atoms with E-state index in [2.05, 4.69) is 12.1 Å². The predicted octanol–water partition coefficient (Wildman–Crippen LogP) is 2.63. The van der Waals surface area contributed by atoms with Crippen LogP contribution >= 0.6 is 0 Å². The van der Waals surface area contributed by atoms with Gasteiger partial charge in [0.05, 0.1) is 7.11 Å². The maximum atomic E-state index is 5.96. The summed E-state index contributed by atoms with van der Waals surface area (Å²) in [6.45, 7) is 2.57. The van der Waals surface area contributed by atoms with Crippen molar-refractivity contribution < 1.29 is 9.47 Å². The van der Waals surface area contributed by atoms with E-state index in [1.807, 2.05) is 12.1 Å². The van der Waals surface area contributed by atoms with Crippen LogP contribution in [-0.4, -0.2) is 26.9 Å². The van der Waals surface area contributed by atoms with Gasteiger partial charge in [-0.2, -0.15) is 0 Å². The molecule has 0 bridgehead atoms. The third-order valence-corrected chi connectivity index (χ3v) is 4.04. The average molecular weight is 263 g/mol. The van der Waals surface area contributed by atoms with E-state index >= 15 is 0 Å². The van der Waals surface area contributed by atoms with Gasteiger partial charge in [-0.3, -0.25) is 0 Å². The number of ether oxygens (including phenoxy) is 2. The fourth-order valence-corrected chi connectivity index (χ4v) is 2.90. The van der Waals surface area contributed by atoms with Gasteiger partial charge in [-0.25, -0.2) is 0 Å². The molecule has 1 unspecified atom stereocenters. The third-order valence-electron chi connectivity index (χ3n) is 4.04. The SMILES string of the molecule is COc1ccccc1CC(CN)CC1CCOCC1. The van der Waals surface area contributed by atoms with E-state index in [1.165, 1.54) is 24.8 Å². The van der Waals surface area contributed by atoms with Crippen molar-refractivity contribution >= 4 is 0 Å².